The molecule has 2 nitrogen and oxygen atoms in total. The summed E-state index contributed by atoms with van der Waals surface area (Å²) in [5.41, 5.74) is 0. The average Bonchev–Trinajstić information content (AvgIpc) is 2.31. The summed E-state index contributed by atoms with van der Waals surface area (Å²) < 4.78 is 0. The fourth-order valence-electron chi connectivity index (χ4n) is 2.66. The molecular weight excluding hydrogens is 196 g/mol. The van der Waals surface area contributed by atoms with Crippen molar-refractivity contribution in [3.8, 4) is 0 Å². The lowest BCUT2D eigenvalue weighted by Crippen LogP contribution is -2.43. The van der Waals surface area contributed by atoms with Gasteiger partial charge in [0, 0.05) is 19.1 Å². The fraction of sp³-hybridized carbons (Fsp3) is 1.00. The quantitative estimate of drug-likeness (QED) is 0.640. The Labute approximate surface area is 102 Å². The minimum absolute atomic E-state index is 0.881. The average molecular weight is 226 g/mol. The lowest BCUT2D eigenvalue weighted by atomic mass is 9.98. The highest BCUT2D eigenvalue weighted by molar-refractivity contribution is 4.76. The number of likely N-dealkylation sites (tertiary alicyclic amines) is 1. The summed E-state index contributed by atoms with van der Waals surface area (Å²) in [6.07, 6.45) is 9.65. The van der Waals surface area contributed by atoms with E-state index in [0.29, 0.717) is 0 Å². The molecule has 1 N–H and O–H groups in total. The Morgan fingerprint density at radius 3 is 2.75 bits per heavy atom. The zero-order chi connectivity index (χ0) is 11.6. The number of nitrogens with zero attached hydrogens (tertiary/aromatic N) is 1. The summed E-state index contributed by atoms with van der Waals surface area (Å²) in [5.74, 6) is 0. The Morgan fingerprint density at radius 2 is 2.00 bits per heavy atom. The first-order valence-corrected chi connectivity index (χ1v) is 7.33. The van der Waals surface area contributed by atoms with E-state index in [1.807, 2.05) is 0 Å². The second-order valence-electron chi connectivity index (χ2n) is 5.08. The molecule has 1 saturated heterocycles. The van der Waals surface area contributed by atoms with Crippen LogP contribution in [0.4, 0.5) is 0 Å². The third-order valence-electron chi connectivity index (χ3n) is 3.65. The zero-order valence-corrected chi connectivity index (χ0v) is 11.3. The van der Waals surface area contributed by atoms with Crippen LogP contribution in [0.5, 0.6) is 0 Å². The Hall–Kier alpha value is -0.0800. The van der Waals surface area contributed by atoms with Crippen LogP contribution < -0.4 is 5.32 Å². The highest BCUT2D eigenvalue weighted by Crippen LogP contribution is 2.19. The maximum atomic E-state index is 3.55. The first-order valence-electron chi connectivity index (χ1n) is 7.33. The van der Waals surface area contributed by atoms with Gasteiger partial charge in [0.15, 0.2) is 0 Å². The molecule has 0 bridgehead atoms. The van der Waals surface area contributed by atoms with Crippen molar-refractivity contribution in [1.82, 2.24) is 10.2 Å². The van der Waals surface area contributed by atoms with Gasteiger partial charge < -0.3 is 5.32 Å². The van der Waals surface area contributed by atoms with Gasteiger partial charge >= 0.3 is 0 Å². The zero-order valence-electron chi connectivity index (χ0n) is 11.3. The molecular formula is C14H30N2. The van der Waals surface area contributed by atoms with Crippen molar-refractivity contribution in [2.45, 2.75) is 64.8 Å². The number of piperidine rings is 1. The van der Waals surface area contributed by atoms with Crippen molar-refractivity contribution in [3.63, 3.8) is 0 Å². The molecule has 1 atom stereocenters. The molecule has 0 aromatic carbocycles. The molecule has 1 rings (SSSR count). The highest BCUT2D eigenvalue weighted by Gasteiger charge is 2.20. The van der Waals surface area contributed by atoms with E-state index in [0.717, 1.165) is 6.04 Å². The van der Waals surface area contributed by atoms with E-state index in [4.69, 9.17) is 0 Å². The van der Waals surface area contributed by atoms with Gasteiger partial charge in [-0.1, -0.05) is 33.1 Å². The summed E-state index contributed by atoms with van der Waals surface area (Å²) in [6, 6.07) is 0.881. The van der Waals surface area contributed by atoms with Crippen molar-refractivity contribution in [1.29, 1.82) is 0 Å². The number of hydrogen-bond donors (Lipinski definition) is 1. The van der Waals surface area contributed by atoms with Crippen molar-refractivity contribution in [3.05, 3.63) is 0 Å². The third kappa shape index (κ3) is 5.31. The summed E-state index contributed by atoms with van der Waals surface area (Å²) in [4.78, 5) is 2.71. The molecule has 16 heavy (non-hydrogen) atoms. The predicted octanol–water partition coefficient (Wildman–Crippen LogP) is 3.03. The van der Waals surface area contributed by atoms with Crippen LogP contribution in [-0.4, -0.2) is 37.1 Å². The standard InChI is InChI=1S/C14H30N2/c1-3-5-10-15-11-13-16-12-7-6-9-14(16)8-4-2/h14-15H,3-13H2,1-2H3. The molecule has 1 fully saturated rings. The molecule has 0 aromatic rings. The first kappa shape index (κ1) is 14.0. The second kappa shape index (κ2) is 9.00. The number of unbranched alkanes of at least 4 members (excludes halogenated alkanes) is 1. The van der Waals surface area contributed by atoms with E-state index in [2.05, 4.69) is 24.1 Å². The van der Waals surface area contributed by atoms with Gasteiger partial charge in [-0.2, -0.15) is 0 Å². The van der Waals surface area contributed by atoms with Crippen molar-refractivity contribution in [2.24, 2.45) is 0 Å². The SMILES string of the molecule is CCCCNCCN1CCCCC1CCC. The minimum Gasteiger partial charge on any atom is -0.315 e. The molecule has 0 aromatic heterocycles. The number of rotatable bonds is 8. The van der Waals surface area contributed by atoms with Crippen LogP contribution in [-0.2, 0) is 0 Å². The Bertz CT molecular complexity index is 157. The third-order valence-corrected chi connectivity index (χ3v) is 3.65. The lowest BCUT2D eigenvalue weighted by molar-refractivity contribution is 0.140. The molecule has 0 amide bonds. The van der Waals surface area contributed by atoms with E-state index in [1.54, 1.807) is 0 Å². The van der Waals surface area contributed by atoms with Gasteiger partial charge in [0.25, 0.3) is 0 Å². The van der Waals surface area contributed by atoms with Gasteiger partial charge in [-0.05, 0) is 38.8 Å². The van der Waals surface area contributed by atoms with Gasteiger partial charge in [0.05, 0.1) is 0 Å². The molecule has 0 radical (unpaired) electrons. The van der Waals surface area contributed by atoms with E-state index in [-0.39, 0.29) is 0 Å². The van der Waals surface area contributed by atoms with Crippen molar-refractivity contribution in [2.75, 3.05) is 26.2 Å². The maximum absolute atomic E-state index is 3.55. The molecule has 0 spiro atoms. The maximum Gasteiger partial charge on any atom is 0.0110 e. The van der Waals surface area contributed by atoms with E-state index in [1.165, 1.54) is 71.1 Å². The Morgan fingerprint density at radius 1 is 1.12 bits per heavy atom. The van der Waals surface area contributed by atoms with Gasteiger partial charge in [-0.3, -0.25) is 4.90 Å². The van der Waals surface area contributed by atoms with E-state index >= 15 is 0 Å². The summed E-state index contributed by atoms with van der Waals surface area (Å²) in [5, 5.41) is 3.55. The lowest BCUT2D eigenvalue weighted by Gasteiger charge is -2.35. The Kier molecular flexibility index (Phi) is 7.87. The fourth-order valence-corrected chi connectivity index (χ4v) is 2.66. The van der Waals surface area contributed by atoms with Gasteiger partial charge in [0.1, 0.15) is 0 Å². The van der Waals surface area contributed by atoms with Crippen LogP contribution in [0.1, 0.15) is 58.8 Å². The summed E-state index contributed by atoms with van der Waals surface area (Å²) in [7, 11) is 0. The molecule has 2 heteroatoms. The highest BCUT2D eigenvalue weighted by atomic mass is 15.2. The molecule has 0 saturated carbocycles. The molecule has 1 aliphatic heterocycles. The first-order chi connectivity index (χ1) is 7.88. The van der Waals surface area contributed by atoms with Gasteiger partial charge in [-0.25, -0.2) is 0 Å². The number of hydrogen-bond acceptors (Lipinski definition) is 2. The predicted molar refractivity (Wildman–Crippen MR) is 71.9 cm³/mol. The van der Waals surface area contributed by atoms with Crippen LogP contribution >= 0.6 is 0 Å². The van der Waals surface area contributed by atoms with E-state index < -0.39 is 0 Å². The van der Waals surface area contributed by atoms with Gasteiger partial charge in [-0.15, -0.1) is 0 Å². The topological polar surface area (TPSA) is 15.3 Å². The van der Waals surface area contributed by atoms with Crippen LogP contribution in [0.3, 0.4) is 0 Å². The normalized spacial score (nSPS) is 22.5. The van der Waals surface area contributed by atoms with E-state index in [9.17, 15) is 0 Å². The second-order valence-corrected chi connectivity index (χ2v) is 5.08. The largest absolute Gasteiger partial charge is 0.315 e. The summed E-state index contributed by atoms with van der Waals surface area (Å²) in [6.45, 7) is 9.54. The monoisotopic (exact) mass is 226 g/mol. The molecule has 96 valence electrons. The van der Waals surface area contributed by atoms with Crippen LogP contribution in [0.25, 0.3) is 0 Å². The Balaban J connectivity index is 2.11. The summed E-state index contributed by atoms with van der Waals surface area (Å²) >= 11 is 0. The molecule has 1 unspecified atom stereocenters. The smallest absolute Gasteiger partial charge is 0.0110 e. The van der Waals surface area contributed by atoms with Gasteiger partial charge in [0.2, 0.25) is 0 Å². The van der Waals surface area contributed by atoms with Crippen molar-refractivity contribution >= 4 is 0 Å². The minimum atomic E-state index is 0.881. The number of nitrogens with one attached hydrogen (secondary N) is 1. The molecule has 0 aliphatic carbocycles. The van der Waals surface area contributed by atoms with Crippen LogP contribution in [0, 0.1) is 0 Å². The molecule has 1 heterocycles. The van der Waals surface area contributed by atoms with Crippen LogP contribution in [0.2, 0.25) is 0 Å². The van der Waals surface area contributed by atoms with Crippen LogP contribution in [0.15, 0.2) is 0 Å². The molecule has 1 aliphatic rings. The van der Waals surface area contributed by atoms with Crippen molar-refractivity contribution < 1.29 is 0 Å².